The number of aryl methyl sites for hydroxylation is 2. The molecule has 3 N–H and O–H groups in total. The quantitative estimate of drug-likeness (QED) is 0.853. The average molecular weight is 231 g/mol. The van der Waals surface area contributed by atoms with Crippen molar-refractivity contribution in [2.75, 3.05) is 5.73 Å². The van der Waals surface area contributed by atoms with Gasteiger partial charge in [0.2, 0.25) is 0 Å². The van der Waals surface area contributed by atoms with Gasteiger partial charge in [-0.3, -0.25) is 5.10 Å². The number of aromatic nitrogens is 2. The summed E-state index contributed by atoms with van der Waals surface area (Å²) < 4.78 is 5.82. The number of anilines is 1. The molecule has 0 amide bonds. The maximum Gasteiger partial charge on any atom is 0.145 e. The van der Waals surface area contributed by atoms with E-state index in [9.17, 15) is 0 Å². The van der Waals surface area contributed by atoms with Crippen LogP contribution in [0.1, 0.15) is 22.4 Å². The van der Waals surface area contributed by atoms with Crippen molar-refractivity contribution in [2.24, 2.45) is 0 Å². The van der Waals surface area contributed by atoms with Gasteiger partial charge in [0.1, 0.15) is 18.2 Å². The minimum absolute atomic E-state index is 0.454. The molecule has 0 unspecified atom stereocenters. The van der Waals surface area contributed by atoms with Gasteiger partial charge in [0.05, 0.1) is 5.69 Å². The summed E-state index contributed by atoms with van der Waals surface area (Å²) in [5.74, 6) is 1.43. The lowest BCUT2D eigenvalue weighted by Crippen LogP contribution is -2.00. The highest BCUT2D eigenvalue weighted by Gasteiger charge is 2.07. The van der Waals surface area contributed by atoms with Gasteiger partial charge in [-0.1, -0.05) is 12.1 Å². The van der Waals surface area contributed by atoms with Crippen molar-refractivity contribution in [1.82, 2.24) is 10.2 Å². The number of ether oxygens (including phenoxy) is 1. The lowest BCUT2D eigenvalue weighted by Gasteiger charge is -2.13. The summed E-state index contributed by atoms with van der Waals surface area (Å²) in [6.45, 7) is 6.65. The molecule has 17 heavy (non-hydrogen) atoms. The summed E-state index contributed by atoms with van der Waals surface area (Å²) in [7, 11) is 0. The summed E-state index contributed by atoms with van der Waals surface area (Å²) in [6.07, 6.45) is 0. The van der Waals surface area contributed by atoms with Crippen LogP contribution in [-0.4, -0.2) is 10.2 Å². The molecule has 0 saturated heterocycles. The molecule has 0 atom stereocenters. The maximum atomic E-state index is 5.82. The van der Waals surface area contributed by atoms with Gasteiger partial charge in [-0.25, -0.2) is 0 Å². The first-order valence-electron chi connectivity index (χ1n) is 5.57. The molecule has 1 aromatic carbocycles. The highest BCUT2D eigenvalue weighted by Crippen LogP contribution is 2.26. The second kappa shape index (κ2) is 4.49. The van der Waals surface area contributed by atoms with E-state index in [0.717, 1.165) is 17.0 Å². The zero-order valence-corrected chi connectivity index (χ0v) is 10.4. The molecule has 0 fully saturated rings. The molecule has 4 nitrogen and oxygen atoms in total. The summed E-state index contributed by atoms with van der Waals surface area (Å²) in [5, 5.41) is 6.69. The number of hydrogen-bond donors (Lipinski definition) is 2. The smallest absolute Gasteiger partial charge is 0.145 e. The first-order valence-corrected chi connectivity index (χ1v) is 5.57. The standard InChI is InChI=1S/C13H17N3O/c1-8-4-5-9(2)13(10(8)3)17-7-11-6-12(14)16-15-11/h4-6H,7H2,1-3H3,(H3,14,15,16). The third kappa shape index (κ3) is 2.41. The van der Waals surface area contributed by atoms with Crippen molar-refractivity contribution in [3.8, 4) is 5.75 Å². The van der Waals surface area contributed by atoms with Gasteiger partial charge in [-0.15, -0.1) is 0 Å². The number of hydrogen-bond acceptors (Lipinski definition) is 3. The number of nitrogens with zero attached hydrogens (tertiary/aromatic N) is 1. The molecule has 4 heteroatoms. The maximum absolute atomic E-state index is 5.82. The summed E-state index contributed by atoms with van der Waals surface area (Å²) in [6, 6.07) is 5.95. The van der Waals surface area contributed by atoms with Crippen molar-refractivity contribution >= 4 is 5.82 Å². The summed E-state index contributed by atoms with van der Waals surface area (Å²) in [5.41, 5.74) is 9.96. The summed E-state index contributed by atoms with van der Waals surface area (Å²) in [4.78, 5) is 0. The van der Waals surface area contributed by atoms with E-state index < -0.39 is 0 Å². The van der Waals surface area contributed by atoms with E-state index >= 15 is 0 Å². The molecule has 0 saturated carbocycles. The molecule has 0 bridgehead atoms. The van der Waals surface area contributed by atoms with Crippen molar-refractivity contribution in [3.63, 3.8) is 0 Å². The number of nitrogen functional groups attached to an aromatic ring is 1. The predicted molar refractivity (Wildman–Crippen MR) is 68.0 cm³/mol. The van der Waals surface area contributed by atoms with E-state index in [1.54, 1.807) is 6.07 Å². The number of nitrogens with one attached hydrogen (secondary N) is 1. The van der Waals surface area contributed by atoms with Gasteiger partial charge in [0, 0.05) is 6.07 Å². The van der Waals surface area contributed by atoms with Crippen LogP contribution in [0.25, 0.3) is 0 Å². The molecule has 1 aromatic heterocycles. The Labute approximate surface area is 101 Å². The monoisotopic (exact) mass is 231 g/mol. The first kappa shape index (κ1) is 11.5. The lowest BCUT2D eigenvalue weighted by atomic mass is 10.1. The molecule has 0 aliphatic carbocycles. The Morgan fingerprint density at radius 2 is 1.94 bits per heavy atom. The molecular formula is C13H17N3O. The fourth-order valence-corrected chi connectivity index (χ4v) is 1.75. The van der Waals surface area contributed by atoms with E-state index in [0.29, 0.717) is 12.4 Å². The van der Waals surface area contributed by atoms with Crippen LogP contribution in [0.5, 0.6) is 5.75 Å². The number of benzene rings is 1. The largest absolute Gasteiger partial charge is 0.487 e. The van der Waals surface area contributed by atoms with Crippen LogP contribution in [0.15, 0.2) is 18.2 Å². The Morgan fingerprint density at radius 1 is 1.24 bits per heavy atom. The van der Waals surface area contributed by atoms with Crippen LogP contribution < -0.4 is 10.5 Å². The van der Waals surface area contributed by atoms with Crippen LogP contribution in [0.2, 0.25) is 0 Å². The Balaban J connectivity index is 2.16. The molecule has 90 valence electrons. The Bertz CT molecular complexity index is 531. The second-order valence-electron chi connectivity index (χ2n) is 4.26. The van der Waals surface area contributed by atoms with Crippen molar-refractivity contribution in [2.45, 2.75) is 27.4 Å². The highest BCUT2D eigenvalue weighted by molar-refractivity contribution is 5.44. The minimum Gasteiger partial charge on any atom is -0.487 e. The van der Waals surface area contributed by atoms with Gasteiger partial charge in [-0.2, -0.15) is 5.10 Å². The van der Waals surface area contributed by atoms with E-state index in [-0.39, 0.29) is 0 Å². The van der Waals surface area contributed by atoms with Gasteiger partial charge in [-0.05, 0) is 37.5 Å². The molecule has 0 aliphatic rings. The Kier molecular flexibility index (Phi) is 3.04. The Morgan fingerprint density at radius 3 is 2.59 bits per heavy atom. The molecule has 0 aliphatic heterocycles. The second-order valence-corrected chi connectivity index (χ2v) is 4.26. The zero-order chi connectivity index (χ0) is 12.4. The van der Waals surface area contributed by atoms with E-state index in [1.807, 2.05) is 6.92 Å². The van der Waals surface area contributed by atoms with Crippen molar-refractivity contribution in [1.29, 1.82) is 0 Å². The first-order chi connectivity index (χ1) is 8.08. The van der Waals surface area contributed by atoms with E-state index in [2.05, 4.69) is 36.2 Å². The Hall–Kier alpha value is -1.97. The van der Waals surface area contributed by atoms with Crippen molar-refractivity contribution < 1.29 is 4.74 Å². The van der Waals surface area contributed by atoms with E-state index in [1.165, 1.54) is 11.1 Å². The number of rotatable bonds is 3. The fraction of sp³-hybridized carbons (Fsp3) is 0.308. The molecule has 1 heterocycles. The van der Waals surface area contributed by atoms with Gasteiger partial charge >= 0.3 is 0 Å². The van der Waals surface area contributed by atoms with Crippen LogP contribution >= 0.6 is 0 Å². The number of H-pyrrole nitrogens is 1. The lowest BCUT2D eigenvalue weighted by molar-refractivity contribution is 0.297. The summed E-state index contributed by atoms with van der Waals surface area (Å²) >= 11 is 0. The topological polar surface area (TPSA) is 63.9 Å². The molecule has 2 rings (SSSR count). The zero-order valence-electron chi connectivity index (χ0n) is 10.4. The van der Waals surface area contributed by atoms with Crippen LogP contribution in [0.4, 0.5) is 5.82 Å². The molecular weight excluding hydrogens is 214 g/mol. The third-order valence-corrected chi connectivity index (χ3v) is 2.90. The van der Waals surface area contributed by atoms with E-state index in [4.69, 9.17) is 10.5 Å². The minimum atomic E-state index is 0.454. The molecule has 2 aromatic rings. The van der Waals surface area contributed by atoms with Gasteiger partial charge in [0.25, 0.3) is 0 Å². The SMILES string of the molecule is Cc1ccc(C)c(OCc2cc(N)n[nH]2)c1C. The number of nitrogens with two attached hydrogens (primary N) is 1. The van der Waals surface area contributed by atoms with Crippen LogP contribution in [-0.2, 0) is 6.61 Å². The number of aromatic amines is 1. The van der Waals surface area contributed by atoms with Crippen LogP contribution in [0.3, 0.4) is 0 Å². The predicted octanol–water partition coefficient (Wildman–Crippen LogP) is 2.50. The fourth-order valence-electron chi connectivity index (χ4n) is 1.75. The van der Waals surface area contributed by atoms with Gasteiger partial charge < -0.3 is 10.5 Å². The normalized spacial score (nSPS) is 10.5. The van der Waals surface area contributed by atoms with Gasteiger partial charge in [0.15, 0.2) is 0 Å². The average Bonchev–Trinajstić information content (AvgIpc) is 2.70. The molecule has 0 spiro atoms. The van der Waals surface area contributed by atoms with Crippen molar-refractivity contribution in [3.05, 3.63) is 40.6 Å². The van der Waals surface area contributed by atoms with Crippen LogP contribution in [0, 0.1) is 20.8 Å². The molecule has 0 radical (unpaired) electrons. The highest BCUT2D eigenvalue weighted by atomic mass is 16.5. The third-order valence-electron chi connectivity index (χ3n) is 2.90.